The van der Waals surface area contributed by atoms with Crippen molar-refractivity contribution in [3.8, 4) is 0 Å². The number of hydrogen-bond donors (Lipinski definition) is 1. The van der Waals surface area contributed by atoms with E-state index in [0.717, 1.165) is 19.4 Å². The number of hydrogen-bond acceptors (Lipinski definition) is 2. The minimum Gasteiger partial charge on any atom is -0.338 e. The molecule has 1 aliphatic rings. The molecule has 1 N–H and O–H groups in total. The van der Waals surface area contributed by atoms with Crippen LogP contribution < -0.4 is 5.32 Å². The van der Waals surface area contributed by atoms with Crippen molar-refractivity contribution in [3.05, 3.63) is 35.6 Å². The Bertz CT molecular complexity index is 414. The molecule has 1 heterocycles. The zero-order chi connectivity index (χ0) is 13.0. The van der Waals surface area contributed by atoms with Crippen molar-refractivity contribution >= 4 is 5.91 Å². The molecule has 1 fully saturated rings. The van der Waals surface area contributed by atoms with Gasteiger partial charge in [-0.15, -0.1) is 0 Å². The van der Waals surface area contributed by atoms with Gasteiger partial charge in [0.1, 0.15) is 5.82 Å². The van der Waals surface area contributed by atoms with E-state index in [0.29, 0.717) is 19.1 Å². The third-order valence-electron chi connectivity index (χ3n) is 3.38. The van der Waals surface area contributed by atoms with Crippen LogP contribution in [0.15, 0.2) is 24.3 Å². The van der Waals surface area contributed by atoms with Crippen molar-refractivity contribution in [3.63, 3.8) is 0 Å². The summed E-state index contributed by atoms with van der Waals surface area (Å²) in [6, 6.07) is 6.66. The predicted molar refractivity (Wildman–Crippen MR) is 69.0 cm³/mol. The standard InChI is InChI=1S/C14H19FN2O/c1-2-16-11-7-9-17(10-8-11)14(18)12-5-3-4-6-13(12)15/h3-6,11,16H,2,7-10H2,1H3. The summed E-state index contributed by atoms with van der Waals surface area (Å²) < 4.78 is 13.5. The van der Waals surface area contributed by atoms with E-state index in [1.54, 1.807) is 23.1 Å². The lowest BCUT2D eigenvalue weighted by molar-refractivity contribution is 0.0701. The quantitative estimate of drug-likeness (QED) is 0.890. The molecule has 0 unspecified atom stereocenters. The average Bonchev–Trinajstić information content (AvgIpc) is 2.40. The number of nitrogens with one attached hydrogen (secondary N) is 1. The van der Waals surface area contributed by atoms with Gasteiger partial charge >= 0.3 is 0 Å². The number of carbonyl (C=O) groups is 1. The van der Waals surface area contributed by atoms with Gasteiger partial charge in [0.2, 0.25) is 0 Å². The molecule has 1 amide bonds. The van der Waals surface area contributed by atoms with Crippen molar-refractivity contribution in [1.29, 1.82) is 0 Å². The number of piperidine rings is 1. The molecular formula is C14H19FN2O. The van der Waals surface area contributed by atoms with Crippen LogP contribution in [0.1, 0.15) is 30.1 Å². The number of rotatable bonds is 3. The number of carbonyl (C=O) groups excluding carboxylic acids is 1. The van der Waals surface area contributed by atoms with E-state index in [1.165, 1.54) is 6.07 Å². The molecule has 1 saturated heterocycles. The largest absolute Gasteiger partial charge is 0.338 e. The zero-order valence-electron chi connectivity index (χ0n) is 10.7. The number of likely N-dealkylation sites (tertiary alicyclic amines) is 1. The van der Waals surface area contributed by atoms with E-state index in [2.05, 4.69) is 12.2 Å². The van der Waals surface area contributed by atoms with E-state index in [4.69, 9.17) is 0 Å². The molecule has 18 heavy (non-hydrogen) atoms. The second-order valence-corrected chi connectivity index (χ2v) is 4.60. The van der Waals surface area contributed by atoms with Gasteiger partial charge in [0.05, 0.1) is 5.56 Å². The lowest BCUT2D eigenvalue weighted by Crippen LogP contribution is -2.45. The number of halogens is 1. The highest BCUT2D eigenvalue weighted by Crippen LogP contribution is 2.15. The van der Waals surface area contributed by atoms with E-state index in [1.807, 2.05) is 0 Å². The smallest absolute Gasteiger partial charge is 0.256 e. The first-order valence-corrected chi connectivity index (χ1v) is 6.49. The van der Waals surface area contributed by atoms with E-state index < -0.39 is 5.82 Å². The molecule has 98 valence electrons. The lowest BCUT2D eigenvalue weighted by atomic mass is 10.0. The summed E-state index contributed by atoms with van der Waals surface area (Å²) >= 11 is 0. The molecule has 1 aromatic rings. The molecule has 1 aliphatic heterocycles. The fourth-order valence-corrected chi connectivity index (χ4v) is 2.38. The van der Waals surface area contributed by atoms with Crippen molar-refractivity contribution in [2.24, 2.45) is 0 Å². The van der Waals surface area contributed by atoms with Crippen LogP contribution in [0.5, 0.6) is 0 Å². The summed E-state index contributed by atoms with van der Waals surface area (Å²) in [5.41, 5.74) is 0.180. The Kier molecular flexibility index (Phi) is 4.31. The molecule has 0 atom stereocenters. The summed E-state index contributed by atoms with van der Waals surface area (Å²) in [6.07, 6.45) is 1.88. The van der Waals surface area contributed by atoms with Crippen molar-refractivity contribution in [1.82, 2.24) is 10.2 Å². The van der Waals surface area contributed by atoms with Gasteiger partial charge in [0, 0.05) is 19.1 Å². The van der Waals surface area contributed by atoms with Gasteiger partial charge < -0.3 is 10.2 Å². The highest BCUT2D eigenvalue weighted by molar-refractivity contribution is 5.94. The molecule has 0 aromatic heterocycles. The lowest BCUT2D eigenvalue weighted by Gasteiger charge is -2.32. The Morgan fingerprint density at radius 1 is 1.39 bits per heavy atom. The molecule has 2 rings (SSSR count). The Balaban J connectivity index is 1.98. The second-order valence-electron chi connectivity index (χ2n) is 4.60. The number of nitrogens with zero attached hydrogens (tertiary/aromatic N) is 1. The Morgan fingerprint density at radius 2 is 2.06 bits per heavy atom. The van der Waals surface area contributed by atoms with E-state index >= 15 is 0 Å². The van der Waals surface area contributed by atoms with Gasteiger partial charge in [-0.2, -0.15) is 0 Å². The molecule has 0 radical (unpaired) electrons. The van der Waals surface area contributed by atoms with Crippen LogP contribution in [0.25, 0.3) is 0 Å². The summed E-state index contributed by atoms with van der Waals surface area (Å²) in [4.78, 5) is 13.9. The maximum absolute atomic E-state index is 13.5. The Labute approximate surface area is 107 Å². The van der Waals surface area contributed by atoms with Crippen LogP contribution in [-0.2, 0) is 0 Å². The first kappa shape index (κ1) is 13.0. The highest BCUT2D eigenvalue weighted by atomic mass is 19.1. The molecule has 1 aromatic carbocycles. The molecule has 0 bridgehead atoms. The first-order chi connectivity index (χ1) is 8.72. The summed E-state index contributed by atoms with van der Waals surface area (Å²) in [6.45, 7) is 4.43. The first-order valence-electron chi connectivity index (χ1n) is 6.49. The Morgan fingerprint density at radius 3 is 2.67 bits per heavy atom. The third kappa shape index (κ3) is 2.88. The van der Waals surface area contributed by atoms with Crippen LogP contribution in [0.3, 0.4) is 0 Å². The normalized spacial score (nSPS) is 16.9. The molecule has 0 aliphatic carbocycles. The Hall–Kier alpha value is -1.42. The van der Waals surface area contributed by atoms with E-state index in [-0.39, 0.29) is 11.5 Å². The second kappa shape index (κ2) is 5.96. The molecule has 0 spiro atoms. The van der Waals surface area contributed by atoms with Crippen LogP contribution >= 0.6 is 0 Å². The molecule has 4 heteroatoms. The topological polar surface area (TPSA) is 32.3 Å². The molecule has 3 nitrogen and oxygen atoms in total. The summed E-state index contributed by atoms with van der Waals surface area (Å²) in [5.74, 6) is -0.626. The maximum atomic E-state index is 13.5. The third-order valence-corrected chi connectivity index (χ3v) is 3.38. The minimum atomic E-state index is -0.434. The van der Waals surface area contributed by atoms with Crippen LogP contribution in [0.4, 0.5) is 4.39 Å². The minimum absolute atomic E-state index is 0.180. The maximum Gasteiger partial charge on any atom is 0.256 e. The van der Waals surface area contributed by atoms with Gasteiger partial charge in [0.25, 0.3) is 5.91 Å². The average molecular weight is 250 g/mol. The van der Waals surface area contributed by atoms with Crippen molar-refractivity contribution in [2.75, 3.05) is 19.6 Å². The van der Waals surface area contributed by atoms with Gasteiger partial charge in [0.15, 0.2) is 0 Å². The van der Waals surface area contributed by atoms with E-state index in [9.17, 15) is 9.18 Å². The number of amides is 1. The zero-order valence-corrected chi connectivity index (χ0v) is 10.7. The van der Waals surface area contributed by atoms with Gasteiger partial charge in [-0.05, 0) is 31.5 Å². The highest BCUT2D eigenvalue weighted by Gasteiger charge is 2.24. The summed E-state index contributed by atoms with van der Waals surface area (Å²) in [7, 11) is 0. The fraction of sp³-hybridized carbons (Fsp3) is 0.500. The predicted octanol–water partition coefficient (Wildman–Crippen LogP) is 2.04. The SMILES string of the molecule is CCNC1CCN(C(=O)c2ccccc2F)CC1. The van der Waals surface area contributed by atoms with Crippen LogP contribution in [0, 0.1) is 5.82 Å². The van der Waals surface area contributed by atoms with Gasteiger partial charge in [-0.25, -0.2) is 4.39 Å². The van der Waals surface area contributed by atoms with Crippen LogP contribution in [-0.4, -0.2) is 36.5 Å². The van der Waals surface area contributed by atoms with Gasteiger partial charge in [-0.1, -0.05) is 19.1 Å². The van der Waals surface area contributed by atoms with Gasteiger partial charge in [-0.3, -0.25) is 4.79 Å². The fourth-order valence-electron chi connectivity index (χ4n) is 2.38. The number of benzene rings is 1. The van der Waals surface area contributed by atoms with Crippen molar-refractivity contribution < 1.29 is 9.18 Å². The summed E-state index contributed by atoms with van der Waals surface area (Å²) in [5, 5.41) is 3.38. The van der Waals surface area contributed by atoms with Crippen LogP contribution in [0.2, 0.25) is 0 Å². The molecule has 0 saturated carbocycles. The monoisotopic (exact) mass is 250 g/mol. The molecular weight excluding hydrogens is 231 g/mol. The van der Waals surface area contributed by atoms with Crippen molar-refractivity contribution in [2.45, 2.75) is 25.8 Å².